The van der Waals surface area contributed by atoms with Crippen molar-refractivity contribution < 1.29 is 20.1 Å². The van der Waals surface area contributed by atoms with Crippen LogP contribution in [0.3, 0.4) is 0 Å². The first-order valence-corrected chi connectivity index (χ1v) is 5.63. The number of hydrogen-bond donors (Lipinski definition) is 4. The Balaban J connectivity index is 2.75. The Labute approximate surface area is 96.6 Å². The smallest absolute Gasteiger partial charge is 0.355 e. The molecule has 6 nitrogen and oxygen atoms in total. The van der Waals surface area contributed by atoms with Crippen LogP contribution in [0.15, 0.2) is 5.51 Å². The van der Waals surface area contributed by atoms with Gasteiger partial charge >= 0.3 is 5.97 Å². The summed E-state index contributed by atoms with van der Waals surface area (Å²) in [5, 5.41) is 31.0. The van der Waals surface area contributed by atoms with Gasteiger partial charge in [-0.2, -0.15) is 0 Å². The van der Waals surface area contributed by atoms with Crippen molar-refractivity contribution in [3.63, 3.8) is 0 Å². The predicted octanol–water partition coefficient (Wildman–Crippen LogP) is -0.155. The Bertz CT molecular complexity index is 355. The molecular weight excluding hydrogens is 232 g/mol. The molecule has 0 saturated carbocycles. The van der Waals surface area contributed by atoms with E-state index in [9.17, 15) is 15.0 Å². The van der Waals surface area contributed by atoms with Crippen LogP contribution in [0.25, 0.3) is 0 Å². The number of aromatic carboxylic acids is 1. The fourth-order valence-electron chi connectivity index (χ4n) is 1.25. The first kappa shape index (κ1) is 13.0. The number of carboxylic acid groups (broad SMARTS) is 1. The number of hydrogen-bond acceptors (Lipinski definition) is 6. The number of aromatic nitrogens is 1. The third-order valence-electron chi connectivity index (χ3n) is 2.12. The van der Waals surface area contributed by atoms with Crippen LogP contribution in [-0.4, -0.2) is 46.0 Å². The van der Waals surface area contributed by atoms with Crippen LogP contribution in [0.2, 0.25) is 0 Å². The fraction of sp³-hybridized carbons (Fsp3) is 0.556. The van der Waals surface area contributed by atoms with Crippen LogP contribution in [0.1, 0.15) is 27.9 Å². The standard InChI is InChI=1S/C9H14N2O4S/c1-10-3-2-5(12)7(13)8-6(9(14)15)11-4-16-8/h4-5,7,10,12-13H,2-3H2,1H3,(H,14,15). The fourth-order valence-corrected chi connectivity index (χ4v) is 2.07. The Kier molecular flexibility index (Phi) is 4.81. The maximum absolute atomic E-state index is 10.8. The molecule has 0 fully saturated rings. The van der Waals surface area contributed by atoms with E-state index in [4.69, 9.17) is 5.11 Å². The highest BCUT2D eigenvalue weighted by molar-refractivity contribution is 7.10. The summed E-state index contributed by atoms with van der Waals surface area (Å²) in [6.45, 7) is 0.541. The van der Waals surface area contributed by atoms with Crippen LogP contribution < -0.4 is 5.32 Å². The topological polar surface area (TPSA) is 103 Å². The maximum atomic E-state index is 10.8. The zero-order valence-electron chi connectivity index (χ0n) is 8.75. The van der Waals surface area contributed by atoms with E-state index in [0.29, 0.717) is 13.0 Å². The highest BCUT2D eigenvalue weighted by Crippen LogP contribution is 2.26. The molecule has 0 amide bonds. The lowest BCUT2D eigenvalue weighted by atomic mass is 10.1. The van der Waals surface area contributed by atoms with E-state index in [1.54, 1.807) is 7.05 Å². The monoisotopic (exact) mass is 246 g/mol. The molecular formula is C9H14N2O4S. The summed E-state index contributed by atoms with van der Waals surface area (Å²) in [7, 11) is 1.73. The van der Waals surface area contributed by atoms with Gasteiger partial charge < -0.3 is 20.6 Å². The first-order valence-electron chi connectivity index (χ1n) is 4.75. The summed E-state index contributed by atoms with van der Waals surface area (Å²) in [5.41, 5.74) is 1.15. The van der Waals surface area contributed by atoms with Crippen molar-refractivity contribution in [2.45, 2.75) is 18.6 Å². The molecule has 7 heteroatoms. The molecule has 0 aliphatic rings. The average molecular weight is 246 g/mol. The molecule has 0 spiro atoms. The minimum atomic E-state index is -1.20. The Morgan fingerprint density at radius 1 is 1.62 bits per heavy atom. The van der Waals surface area contributed by atoms with Gasteiger partial charge in [-0.1, -0.05) is 0 Å². The highest BCUT2D eigenvalue weighted by Gasteiger charge is 2.25. The van der Waals surface area contributed by atoms with Crippen molar-refractivity contribution in [2.24, 2.45) is 0 Å². The zero-order chi connectivity index (χ0) is 12.1. The summed E-state index contributed by atoms with van der Waals surface area (Å²) < 4.78 is 0. The van der Waals surface area contributed by atoms with Gasteiger partial charge in [-0.25, -0.2) is 9.78 Å². The molecule has 0 aliphatic heterocycles. The van der Waals surface area contributed by atoms with Gasteiger partial charge in [0, 0.05) is 0 Å². The SMILES string of the molecule is CNCCC(O)C(O)c1scnc1C(=O)O. The van der Waals surface area contributed by atoms with Crippen molar-refractivity contribution in [1.82, 2.24) is 10.3 Å². The summed E-state index contributed by atoms with van der Waals surface area (Å²) in [5.74, 6) is -1.20. The van der Waals surface area contributed by atoms with E-state index in [0.717, 1.165) is 11.3 Å². The van der Waals surface area contributed by atoms with Crippen LogP contribution in [-0.2, 0) is 0 Å². The number of nitrogens with one attached hydrogen (secondary N) is 1. The van der Waals surface area contributed by atoms with E-state index in [-0.39, 0.29) is 10.6 Å². The molecule has 2 unspecified atom stereocenters. The van der Waals surface area contributed by atoms with Gasteiger partial charge in [0.25, 0.3) is 0 Å². The normalized spacial score (nSPS) is 14.7. The quantitative estimate of drug-likeness (QED) is 0.556. The number of thiazole rings is 1. The minimum Gasteiger partial charge on any atom is -0.476 e. The third-order valence-corrected chi connectivity index (χ3v) is 3.02. The number of rotatable bonds is 6. The Hall–Kier alpha value is -1.02. The summed E-state index contributed by atoms with van der Waals surface area (Å²) in [6, 6.07) is 0. The number of aliphatic hydroxyl groups is 2. The van der Waals surface area contributed by atoms with E-state index < -0.39 is 18.2 Å². The highest BCUT2D eigenvalue weighted by atomic mass is 32.1. The van der Waals surface area contributed by atoms with Crippen molar-refractivity contribution in [1.29, 1.82) is 0 Å². The van der Waals surface area contributed by atoms with Crippen LogP contribution in [0, 0.1) is 0 Å². The molecule has 4 N–H and O–H groups in total. The predicted molar refractivity (Wildman–Crippen MR) is 58.6 cm³/mol. The van der Waals surface area contributed by atoms with Crippen molar-refractivity contribution in [2.75, 3.05) is 13.6 Å². The molecule has 0 aliphatic carbocycles. The Morgan fingerprint density at radius 3 is 2.88 bits per heavy atom. The second kappa shape index (κ2) is 5.90. The van der Waals surface area contributed by atoms with E-state index in [2.05, 4.69) is 10.3 Å². The van der Waals surface area contributed by atoms with E-state index in [1.165, 1.54) is 5.51 Å². The van der Waals surface area contributed by atoms with Crippen molar-refractivity contribution in [3.8, 4) is 0 Å². The third kappa shape index (κ3) is 2.99. The van der Waals surface area contributed by atoms with Gasteiger partial charge in [0.1, 0.15) is 6.10 Å². The second-order valence-corrected chi connectivity index (χ2v) is 4.16. The van der Waals surface area contributed by atoms with E-state index >= 15 is 0 Å². The molecule has 90 valence electrons. The summed E-state index contributed by atoms with van der Waals surface area (Å²) >= 11 is 1.03. The lowest BCUT2D eigenvalue weighted by Gasteiger charge is -2.16. The van der Waals surface area contributed by atoms with Gasteiger partial charge in [-0.3, -0.25) is 0 Å². The molecule has 2 atom stereocenters. The molecule has 0 saturated heterocycles. The molecule has 0 bridgehead atoms. The second-order valence-electron chi connectivity index (χ2n) is 3.27. The number of carboxylic acids is 1. The molecule has 1 aromatic rings. The molecule has 0 radical (unpaired) electrons. The summed E-state index contributed by atoms with van der Waals surface area (Å²) in [4.78, 5) is 14.6. The number of nitrogens with zero attached hydrogens (tertiary/aromatic N) is 1. The van der Waals surface area contributed by atoms with Gasteiger partial charge in [0.2, 0.25) is 0 Å². The van der Waals surface area contributed by atoms with Gasteiger partial charge in [-0.05, 0) is 20.0 Å². The number of aliphatic hydroxyl groups excluding tert-OH is 2. The largest absolute Gasteiger partial charge is 0.476 e. The van der Waals surface area contributed by atoms with Crippen LogP contribution in [0.4, 0.5) is 0 Å². The average Bonchev–Trinajstić information content (AvgIpc) is 2.73. The number of carbonyl (C=O) groups is 1. The molecule has 1 heterocycles. The lowest BCUT2D eigenvalue weighted by molar-refractivity contribution is 0.0151. The van der Waals surface area contributed by atoms with Gasteiger partial charge in [0.15, 0.2) is 5.69 Å². The van der Waals surface area contributed by atoms with E-state index in [1.807, 2.05) is 0 Å². The van der Waals surface area contributed by atoms with Gasteiger partial charge in [-0.15, -0.1) is 11.3 Å². The Morgan fingerprint density at radius 2 is 2.31 bits per heavy atom. The van der Waals surface area contributed by atoms with Crippen molar-refractivity contribution >= 4 is 17.3 Å². The molecule has 0 aromatic carbocycles. The van der Waals surface area contributed by atoms with Crippen LogP contribution >= 0.6 is 11.3 Å². The first-order chi connectivity index (χ1) is 7.57. The minimum absolute atomic E-state index is 0.191. The van der Waals surface area contributed by atoms with Crippen molar-refractivity contribution in [3.05, 3.63) is 16.1 Å². The zero-order valence-corrected chi connectivity index (χ0v) is 9.57. The molecule has 16 heavy (non-hydrogen) atoms. The van der Waals surface area contributed by atoms with Crippen LogP contribution in [0.5, 0.6) is 0 Å². The lowest BCUT2D eigenvalue weighted by Crippen LogP contribution is -2.24. The molecule has 1 aromatic heterocycles. The maximum Gasteiger partial charge on any atom is 0.355 e. The van der Waals surface area contributed by atoms with Gasteiger partial charge in [0.05, 0.1) is 16.5 Å². The molecule has 1 rings (SSSR count). The summed E-state index contributed by atoms with van der Waals surface area (Å²) in [6.07, 6.45) is -1.85.